The van der Waals surface area contributed by atoms with Crippen LogP contribution in [-0.2, 0) is 17.9 Å². The average molecular weight is 549 g/mol. The van der Waals surface area contributed by atoms with Crippen LogP contribution in [-0.4, -0.2) is 37.4 Å². The van der Waals surface area contributed by atoms with Gasteiger partial charge in [-0.05, 0) is 35.4 Å². The first-order chi connectivity index (χ1) is 12.4. The van der Waals surface area contributed by atoms with Crippen LogP contribution in [0.5, 0.6) is 0 Å². The van der Waals surface area contributed by atoms with E-state index in [2.05, 4.69) is 31.6 Å². The summed E-state index contributed by atoms with van der Waals surface area (Å²) in [6, 6.07) is 14.1. The predicted molar refractivity (Wildman–Crippen MR) is 121 cm³/mol. The van der Waals surface area contributed by atoms with Crippen molar-refractivity contribution in [1.29, 1.82) is 0 Å². The van der Waals surface area contributed by atoms with Gasteiger partial charge in [0.05, 0.1) is 13.1 Å². The van der Waals surface area contributed by atoms with Crippen LogP contribution in [0.15, 0.2) is 58.0 Å². The van der Waals surface area contributed by atoms with E-state index in [1.54, 1.807) is 26.2 Å². The Balaban J connectivity index is 0.00000364. The third-order valence-corrected chi connectivity index (χ3v) is 4.14. The number of aliphatic imine (C=N–C) groups is 1. The van der Waals surface area contributed by atoms with Crippen LogP contribution in [0.25, 0.3) is 0 Å². The Morgan fingerprint density at radius 1 is 1.04 bits per heavy atom. The van der Waals surface area contributed by atoms with Gasteiger partial charge in [0.15, 0.2) is 5.96 Å². The number of carbonyl (C=O) groups excluding carboxylic acids is 1. The maximum absolute atomic E-state index is 13.0. The zero-order chi connectivity index (χ0) is 18.9. The molecule has 0 bridgehead atoms. The van der Waals surface area contributed by atoms with E-state index in [0.717, 1.165) is 15.6 Å². The molecule has 2 aromatic carbocycles. The van der Waals surface area contributed by atoms with E-state index < -0.39 is 0 Å². The summed E-state index contributed by atoms with van der Waals surface area (Å²) >= 11 is 3.41. The fraction of sp³-hybridized carbons (Fsp3) is 0.263. The second-order valence-corrected chi connectivity index (χ2v) is 6.83. The third-order valence-electron chi connectivity index (χ3n) is 3.61. The second kappa shape index (κ2) is 11.9. The van der Waals surface area contributed by atoms with Gasteiger partial charge in [0.1, 0.15) is 5.82 Å². The second-order valence-electron chi connectivity index (χ2n) is 5.91. The number of guanidine groups is 1. The Labute approximate surface area is 184 Å². The summed E-state index contributed by atoms with van der Waals surface area (Å²) in [6.07, 6.45) is 0. The topological polar surface area (TPSA) is 56.7 Å². The van der Waals surface area contributed by atoms with Crippen molar-refractivity contribution in [2.75, 3.05) is 20.6 Å². The molecule has 0 aliphatic heterocycles. The van der Waals surface area contributed by atoms with Gasteiger partial charge in [-0.25, -0.2) is 9.38 Å². The first-order valence-corrected chi connectivity index (χ1v) is 8.94. The van der Waals surface area contributed by atoms with Gasteiger partial charge in [-0.1, -0.05) is 40.2 Å². The number of hydrogen-bond acceptors (Lipinski definition) is 2. The number of rotatable bonds is 6. The molecule has 2 aromatic rings. The molecular formula is C19H23BrFIN4O. The minimum absolute atomic E-state index is 0. The number of halogens is 3. The van der Waals surface area contributed by atoms with Gasteiger partial charge in [-0.3, -0.25) is 4.79 Å². The molecule has 1 amide bonds. The van der Waals surface area contributed by atoms with Crippen molar-refractivity contribution >= 4 is 51.8 Å². The summed E-state index contributed by atoms with van der Waals surface area (Å²) in [4.78, 5) is 17.8. The molecule has 146 valence electrons. The summed E-state index contributed by atoms with van der Waals surface area (Å²) in [5.74, 6) is 0.199. The smallest absolute Gasteiger partial charge is 0.241 e. The zero-order valence-corrected chi connectivity index (χ0v) is 19.1. The van der Waals surface area contributed by atoms with Crippen molar-refractivity contribution < 1.29 is 9.18 Å². The Kier molecular flexibility index (Phi) is 10.3. The molecular weight excluding hydrogens is 526 g/mol. The molecule has 27 heavy (non-hydrogen) atoms. The Morgan fingerprint density at radius 3 is 2.22 bits per heavy atom. The molecule has 0 fully saturated rings. The molecule has 2 N–H and O–H groups in total. The molecule has 8 heteroatoms. The van der Waals surface area contributed by atoms with E-state index in [1.807, 2.05) is 24.3 Å². The van der Waals surface area contributed by atoms with Gasteiger partial charge >= 0.3 is 0 Å². The highest BCUT2D eigenvalue weighted by atomic mass is 127. The van der Waals surface area contributed by atoms with Gasteiger partial charge in [0, 0.05) is 25.1 Å². The van der Waals surface area contributed by atoms with Crippen molar-refractivity contribution in [3.63, 3.8) is 0 Å². The van der Waals surface area contributed by atoms with Gasteiger partial charge in [-0.15, -0.1) is 24.0 Å². The number of hydrogen-bond donors (Lipinski definition) is 2. The van der Waals surface area contributed by atoms with Crippen molar-refractivity contribution in [3.8, 4) is 0 Å². The lowest BCUT2D eigenvalue weighted by atomic mass is 10.2. The number of likely N-dealkylation sites (N-methyl/N-ethyl adjacent to an activating group) is 1. The van der Waals surface area contributed by atoms with Crippen LogP contribution in [0, 0.1) is 5.82 Å². The number of benzene rings is 2. The van der Waals surface area contributed by atoms with Crippen molar-refractivity contribution in [3.05, 3.63) is 69.9 Å². The van der Waals surface area contributed by atoms with E-state index in [0.29, 0.717) is 19.0 Å². The lowest BCUT2D eigenvalue weighted by Gasteiger charge is -2.15. The summed E-state index contributed by atoms with van der Waals surface area (Å²) < 4.78 is 14.0. The molecule has 0 saturated heterocycles. The minimum atomic E-state index is -0.271. The molecule has 0 unspecified atom stereocenters. The number of nitrogens with zero attached hydrogens (tertiary/aromatic N) is 2. The van der Waals surface area contributed by atoms with Crippen molar-refractivity contribution in [2.24, 2.45) is 4.99 Å². The maximum Gasteiger partial charge on any atom is 0.241 e. The number of amides is 1. The van der Waals surface area contributed by atoms with Crippen molar-refractivity contribution in [2.45, 2.75) is 13.1 Å². The number of nitrogens with one attached hydrogen (secondary N) is 2. The molecule has 0 aliphatic rings. The van der Waals surface area contributed by atoms with Gasteiger partial charge < -0.3 is 15.5 Å². The molecule has 0 atom stereocenters. The lowest BCUT2D eigenvalue weighted by molar-refractivity contribution is -0.127. The van der Waals surface area contributed by atoms with Gasteiger partial charge in [-0.2, -0.15) is 0 Å². The zero-order valence-electron chi connectivity index (χ0n) is 15.2. The monoisotopic (exact) mass is 548 g/mol. The standard InChI is InChI=1S/C19H22BrFN4O.HI/c1-25(2)18(26)13-24-19(22-11-14-3-7-16(20)8-4-14)23-12-15-5-9-17(21)10-6-15;/h3-10H,11-13H2,1-2H3,(H2,22,23,24);1H. The third kappa shape index (κ3) is 8.70. The van der Waals surface area contributed by atoms with Crippen molar-refractivity contribution in [1.82, 2.24) is 15.5 Å². The van der Waals surface area contributed by atoms with E-state index in [1.165, 1.54) is 17.0 Å². The molecule has 0 aliphatic carbocycles. The molecule has 5 nitrogen and oxygen atoms in total. The Bertz CT molecular complexity index is 751. The largest absolute Gasteiger partial charge is 0.352 e. The summed E-state index contributed by atoms with van der Waals surface area (Å²) in [6.45, 7) is 1.09. The molecule has 2 rings (SSSR count). The summed E-state index contributed by atoms with van der Waals surface area (Å²) in [7, 11) is 3.41. The van der Waals surface area contributed by atoms with E-state index in [-0.39, 0.29) is 42.2 Å². The molecule has 0 spiro atoms. The Morgan fingerprint density at radius 2 is 1.63 bits per heavy atom. The molecule has 0 heterocycles. The Hall–Kier alpha value is -1.68. The normalized spacial score (nSPS) is 10.7. The maximum atomic E-state index is 13.0. The SMILES string of the molecule is CN(C)C(=O)CNC(=NCc1ccc(Br)cc1)NCc1ccc(F)cc1.I. The highest BCUT2D eigenvalue weighted by Crippen LogP contribution is 2.11. The molecule has 0 aromatic heterocycles. The van der Waals surface area contributed by atoms with Crippen LogP contribution in [0.4, 0.5) is 4.39 Å². The van der Waals surface area contributed by atoms with E-state index >= 15 is 0 Å². The molecule has 0 saturated carbocycles. The minimum Gasteiger partial charge on any atom is -0.352 e. The highest BCUT2D eigenvalue weighted by molar-refractivity contribution is 14.0. The van der Waals surface area contributed by atoms with E-state index in [4.69, 9.17) is 0 Å². The van der Waals surface area contributed by atoms with Crippen LogP contribution in [0.3, 0.4) is 0 Å². The summed E-state index contributed by atoms with van der Waals surface area (Å²) in [5.41, 5.74) is 1.97. The first-order valence-electron chi connectivity index (χ1n) is 8.15. The predicted octanol–water partition coefficient (Wildman–Crippen LogP) is 3.53. The fourth-order valence-corrected chi connectivity index (χ4v) is 2.30. The number of carbonyl (C=O) groups is 1. The quantitative estimate of drug-likeness (QED) is 0.330. The molecule has 0 radical (unpaired) electrons. The van der Waals surface area contributed by atoms with Gasteiger partial charge in [0.25, 0.3) is 0 Å². The van der Waals surface area contributed by atoms with E-state index in [9.17, 15) is 9.18 Å². The highest BCUT2D eigenvalue weighted by Gasteiger charge is 2.06. The average Bonchev–Trinajstić information content (AvgIpc) is 2.63. The summed E-state index contributed by atoms with van der Waals surface area (Å²) in [5, 5.41) is 6.20. The van der Waals surface area contributed by atoms with Gasteiger partial charge in [0.2, 0.25) is 5.91 Å². The van der Waals surface area contributed by atoms with Crippen LogP contribution in [0.2, 0.25) is 0 Å². The van der Waals surface area contributed by atoms with Crippen LogP contribution >= 0.6 is 39.9 Å². The lowest BCUT2D eigenvalue weighted by Crippen LogP contribution is -2.42. The van der Waals surface area contributed by atoms with Crippen LogP contribution < -0.4 is 10.6 Å². The first kappa shape index (κ1) is 23.4. The fourth-order valence-electron chi connectivity index (χ4n) is 2.04. The van der Waals surface area contributed by atoms with Crippen LogP contribution in [0.1, 0.15) is 11.1 Å².